The standard InChI is InChI=1S/C28H21Cl2FN2O4S/c1-16-14-19(32-28(35)33-27(34)25-23(30)4-3-5-24(25)31)15-17(2)26(16)37-20-8-12-22(13-9-20)38(36)21-10-6-18(29)7-11-21/h3-15H,1-2H3,(H2,32,33,34,35). The smallest absolute Gasteiger partial charge is 0.326 e. The Morgan fingerprint density at radius 3 is 2.05 bits per heavy atom. The third-order valence-corrected chi connectivity index (χ3v) is 7.39. The molecule has 194 valence electrons. The monoisotopic (exact) mass is 570 g/mol. The molecule has 4 aromatic rings. The highest BCUT2D eigenvalue weighted by atomic mass is 35.5. The molecule has 0 saturated heterocycles. The molecule has 0 aromatic heterocycles. The summed E-state index contributed by atoms with van der Waals surface area (Å²) >= 11 is 10.4. The summed E-state index contributed by atoms with van der Waals surface area (Å²) in [6.45, 7) is 3.61. The van der Waals surface area contributed by atoms with Crippen LogP contribution in [0.2, 0.25) is 10.0 Å². The number of aryl methyl sites for hydroxylation is 2. The molecule has 0 bridgehead atoms. The molecular formula is C28H21Cl2FN2O4S. The number of ether oxygens (including phenoxy) is 1. The van der Waals surface area contributed by atoms with Crippen molar-refractivity contribution in [2.45, 2.75) is 23.6 Å². The van der Waals surface area contributed by atoms with E-state index in [9.17, 15) is 18.5 Å². The number of nitrogens with one attached hydrogen (secondary N) is 2. The molecule has 0 aliphatic heterocycles. The average Bonchev–Trinajstić information content (AvgIpc) is 2.86. The van der Waals surface area contributed by atoms with Crippen molar-refractivity contribution in [3.05, 3.63) is 111 Å². The second kappa shape index (κ2) is 11.9. The second-order valence-corrected chi connectivity index (χ2v) is 10.6. The first-order valence-corrected chi connectivity index (χ1v) is 13.2. The number of carbonyl (C=O) groups is 2. The minimum Gasteiger partial charge on any atom is -0.606 e. The molecule has 0 heterocycles. The summed E-state index contributed by atoms with van der Waals surface area (Å²) in [5.74, 6) is -0.671. The second-order valence-electron chi connectivity index (χ2n) is 8.24. The van der Waals surface area contributed by atoms with E-state index in [1.54, 1.807) is 74.5 Å². The maximum atomic E-state index is 13.9. The number of amides is 3. The van der Waals surface area contributed by atoms with Crippen LogP contribution in [0.1, 0.15) is 21.5 Å². The van der Waals surface area contributed by atoms with Gasteiger partial charge in [0.05, 0.1) is 10.6 Å². The van der Waals surface area contributed by atoms with E-state index in [2.05, 4.69) is 10.6 Å². The van der Waals surface area contributed by atoms with Crippen molar-refractivity contribution in [1.82, 2.24) is 5.32 Å². The van der Waals surface area contributed by atoms with Gasteiger partial charge in [0.15, 0.2) is 9.79 Å². The van der Waals surface area contributed by atoms with Crippen molar-refractivity contribution < 1.29 is 23.3 Å². The summed E-state index contributed by atoms with van der Waals surface area (Å²) in [6.07, 6.45) is 0. The molecular weight excluding hydrogens is 550 g/mol. The minimum atomic E-state index is -1.36. The Balaban J connectivity index is 1.42. The lowest BCUT2D eigenvalue weighted by Crippen LogP contribution is -2.35. The van der Waals surface area contributed by atoms with E-state index in [1.807, 2.05) is 0 Å². The van der Waals surface area contributed by atoms with Gasteiger partial charge in [0.25, 0.3) is 5.91 Å². The van der Waals surface area contributed by atoms with Crippen molar-refractivity contribution >= 4 is 52.0 Å². The minimum absolute atomic E-state index is 0.104. The SMILES string of the molecule is Cc1cc(NC(=O)NC(=O)c2c(F)cccc2Cl)cc(C)c1Oc1ccc([S+]([O-])c2ccc(Cl)cc2)cc1. The first-order valence-electron chi connectivity index (χ1n) is 11.2. The van der Waals surface area contributed by atoms with Gasteiger partial charge in [0.1, 0.15) is 17.3 Å². The highest BCUT2D eigenvalue weighted by Gasteiger charge is 2.19. The lowest BCUT2D eigenvalue weighted by molar-refractivity contribution is 0.0963. The molecule has 0 radical (unpaired) electrons. The van der Waals surface area contributed by atoms with Crippen LogP contribution in [0.3, 0.4) is 0 Å². The number of urea groups is 1. The van der Waals surface area contributed by atoms with Crippen molar-refractivity contribution in [2.75, 3.05) is 5.32 Å². The van der Waals surface area contributed by atoms with Crippen molar-refractivity contribution in [3.8, 4) is 11.5 Å². The van der Waals surface area contributed by atoms with E-state index in [0.29, 0.717) is 32.0 Å². The van der Waals surface area contributed by atoms with E-state index in [1.165, 1.54) is 12.1 Å². The Morgan fingerprint density at radius 1 is 0.895 bits per heavy atom. The van der Waals surface area contributed by atoms with Crippen molar-refractivity contribution in [2.24, 2.45) is 0 Å². The van der Waals surface area contributed by atoms with Crippen LogP contribution >= 0.6 is 23.2 Å². The quantitative estimate of drug-likeness (QED) is 0.233. The normalized spacial score (nSPS) is 11.5. The first kappa shape index (κ1) is 27.5. The third kappa shape index (κ3) is 6.46. The lowest BCUT2D eigenvalue weighted by atomic mass is 10.1. The fourth-order valence-corrected chi connectivity index (χ4v) is 5.08. The van der Waals surface area contributed by atoms with Crippen LogP contribution in [0, 0.1) is 19.7 Å². The Bertz CT molecular complexity index is 1450. The molecule has 0 aliphatic carbocycles. The largest absolute Gasteiger partial charge is 0.606 e. The molecule has 0 fully saturated rings. The van der Waals surface area contributed by atoms with Gasteiger partial charge in [0, 0.05) is 21.9 Å². The van der Waals surface area contributed by atoms with Crippen molar-refractivity contribution in [3.63, 3.8) is 0 Å². The molecule has 0 aliphatic rings. The highest BCUT2D eigenvalue weighted by molar-refractivity contribution is 7.91. The van der Waals surface area contributed by atoms with Gasteiger partial charge in [-0.3, -0.25) is 10.1 Å². The molecule has 0 saturated carbocycles. The molecule has 6 nitrogen and oxygen atoms in total. The average molecular weight is 571 g/mol. The maximum Gasteiger partial charge on any atom is 0.326 e. The number of imide groups is 1. The molecule has 10 heteroatoms. The van der Waals surface area contributed by atoms with Gasteiger partial charge in [-0.2, -0.15) is 0 Å². The Morgan fingerprint density at radius 2 is 1.47 bits per heavy atom. The summed E-state index contributed by atoms with van der Waals surface area (Å²) < 4.78 is 32.8. The van der Waals surface area contributed by atoms with Crippen molar-refractivity contribution in [1.29, 1.82) is 0 Å². The summed E-state index contributed by atoms with van der Waals surface area (Å²) in [7, 11) is 0. The number of hydrogen-bond acceptors (Lipinski definition) is 4. The third-order valence-electron chi connectivity index (χ3n) is 5.42. The summed E-state index contributed by atoms with van der Waals surface area (Å²) in [5.41, 5.74) is 1.43. The Hall–Kier alpha value is -3.56. The molecule has 4 aromatic carbocycles. The van der Waals surface area contributed by atoms with Crippen LogP contribution < -0.4 is 15.4 Å². The van der Waals surface area contributed by atoms with Gasteiger partial charge in [-0.15, -0.1) is 0 Å². The number of hydrogen-bond donors (Lipinski definition) is 2. The van der Waals surface area contributed by atoms with Gasteiger partial charge in [-0.05, 0) is 97.8 Å². The van der Waals surface area contributed by atoms with Crippen LogP contribution in [0.5, 0.6) is 11.5 Å². The summed E-state index contributed by atoms with van der Waals surface area (Å²) in [6, 6.07) is 20.0. The summed E-state index contributed by atoms with van der Waals surface area (Å²) in [5, 5.41) is 5.10. The molecule has 3 amide bonds. The van der Waals surface area contributed by atoms with Crippen LogP contribution in [0.25, 0.3) is 0 Å². The van der Waals surface area contributed by atoms with E-state index in [-0.39, 0.29) is 5.02 Å². The van der Waals surface area contributed by atoms with E-state index in [4.69, 9.17) is 27.9 Å². The lowest BCUT2D eigenvalue weighted by Gasteiger charge is -2.15. The van der Waals surface area contributed by atoms with Crippen LogP contribution in [-0.4, -0.2) is 16.5 Å². The predicted octanol–water partition coefficient (Wildman–Crippen LogP) is 7.67. The van der Waals surface area contributed by atoms with Gasteiger partial charge >= 0.3 is 6.03 Å². The predicted molar refractivity (Wildman–Crippen MR) is 146 cm³/mol. The molecule has 2 N–H and O–H groups in total. The summed E-state index contributed by atoms with van der Waals surface area (Å²) in [4.78, 5) is 25.9. The van der Waals surface area contributed by atoms with Gasteiger partial charge in [0.2, 0.25) is 0 Å². The molecule has 38 heavy (non-hydrogen) atoms. The molecule has 1 atom stereocenters. The Kier molecular flexibility index (Phi) is 8.58. The molecule has 4 rings (SSSR count). The topological polar surface area (TPSA) is 90.5 Å². The van der Waals surface area contributed by atoms with Crippen LogP contribution in [0.15, 0.2) is 88.7 Å². The van der Waals surface area contributed by atoms with Crippen LogP contribution in [0.4, 0.5) is 14.9 Å². The van der Waals surface area contributed by atoms with Gasteiger partial charge in [-0.1, -0.05) is 29.3 Å². The van der Waals surface area contributed by atoms with Crippen LogP contribution in [-0.2, 0) is 11.2 Å². The number of rotatable bonds is 6. The Labute approximate surface area is 231 Å². The van der Waals surface area contributed by atoms with E-state index >= 15 is 0 Å². The van der Waals surface area contributed by atoms with E-state index < -0.39 is 34.5 Å². The zero-order chi connectivity index (χ0) is 27.4. The number of halogens is 3. The fraction of sp³-hybridized carbons (Fsp3) is 0.0714. The van der Waals surface area contributed by atoms with E-state index in [0.717, 1.165) is 17.2 Å². The number of benzene rings is 4. The fourth-order valence-electron chi connectivity index (χ4n) is 3.67. The zero-order valence-corrected chi connectivity index (χ0v) is 22.5. The van der Waals surface area contributed by atoms with Gasteiger partial charge in [-0.25, -0.2) is 9.18 Å². The number of carbonyl (C=O) groups excluding carboxylic acids is 2. The first-order chi connectivity index (χ1) is 18.1. The number of anilines is 1. The maximum absolute atomic E-state index is 13.9. The highest BCUT2D eigenvalue weighted by Crippen LogP contribution is 2.33. The zero-order valence-electron chi connectivity index (χ0n) is 20.2. The van der Waals surface area contributed by atoms with Gasteiger partial charge < -0.3 is 14.6 Å². The molecule has 1 unspecified atom stereocenters. The molecule has 0 spiro atoms.